The molecule has 1 aromatic heterocycles. The maximum Gasteiger partial charge on any atom is 0.247 e. The Balaban J connectivity index is 1.15. The maximum atomic E-state index is 12.4. The second kappa shape index (κ2) is 7.95. The molecule has 0 saturated carbocycles. The van der Waals surface area contributed by atoms with Gasteiger partial charge in [-0.2, -0.15) is 0 Å². The molecule has 1 N–H and O–H groups in total. The average Bonchev–Trinajstić information content (AvgIpc) is 3.38. The SMILES string of the molecule is O=C(CCCc1nnc(-c2ccccc2)o1)Nc1ccc2c(c1)Cc1ccccc1-2. The van der Waals surface area contributed by atoms with Crippen molar-refractivity contribution in [2.45, 2.75) is 25.7 Å². The zero-order valence-corrected chi connectivity index (χ0v) is 16.5. The van der Waals surface area contributed by atoms with E-state index in [1.54, 1.807) is 0 Å². The van der Waals surface area contributed by atoms with Gasteiger partial charge in [-0.15, -0.1) is 10.2 Å². The van der Waals surface area contributed by atoms with Gasteiger partial charge in [0.15, 0.2) is 0 Å². The van der Waals surface area contributed by atoms with Crippen LogP contribution in [0.5, 0.6) is 0 Å². The first kappa shape index (κ1) is 18.3. The molecule has 1 aliphatic rings. The van der Waals surface area contributed by atoms with Gasteiger partial charge in [0.2, 0.25) is 17.7 Å². The van der Waals surface area contributed by atoms with Crippen molar-refractivity contribution < 1.29 is 9.21 Å². The number of hydrogen-bond acceptors (Lipinski definition) is 4. The number of carbonyl (C=O) groups is 1. The average molecular weight is 395 g/mol. The van der Waals surface area contributed by atoms with Crippen molar-refractivity contribution in [2.24, 2.45) is 0 Å². The molecule has 3 aromatic carbocycles. The molecule has 1 aliphatic carbocycles. The van der Waals surface area contributed by atoms with E-state index in [1.165, 1.54) is 22.3 Å². The minimum absolute atomic E-state index is 0.00624. The van der Waals surface area contributed by atoms with Crippen LogP contribution in [0.25, 0.3) is 22.6 Å². The van der Waals surface area contributed by atoms with Gasteiger partial charge >= 0.3 is 0 Å². The van der Waals surface area contributed by atoms with Crippen molar-refractivity contribution in [1.29, 1.82) is 0 Å². The van der Waals surface area contributed by atoms with E-state index in [1.807, 2.05) is 36.4 Å². The molecular weight excluding hydrogens is 374 g/mol. The molecule has 0 fully saturated rings. The van der Waals surface area contributed by atoms with Crippen molar-refractivity contribution in [3.05, 3.63) is 89.8 Å². The molecule has 5 rings (SSSR count). The molecule has 1 heterocycles. The second-order valence-electron chi connectivity index (χ2n) is 7.47. The minimum Gasteiger partial charge on any atom is -0.421 e. The molecule has 0 spiro atoms. The monoisotopic (exact) mass is 395 g/mol. The molecular formula is C25H21N3O2. The van der Waals surface area contributed by atoms with Crippen LogP contribution in [0.4, 0.5) is 5.69 Å². The predicted molar refractivity (Wildman–Crippen MR) is 116 cm³/mol. The fraction of sp³-hybridized carbons (Fsp3) is 0.160. The van der Waals surface area contributed by atoms with Crippen LogP contribution in [0.1, 0.15) is 29.9 Å². The summed E-state index contributed by atoms with van der Waals surface area (Å²) >= 11 is 0. The highest BCUT2D eigenvalue weighted by Crippen LogP contribution is 2.37. The number of anilines is 1. The quantitative estimate of drug-likeness (QED) is 0.425. The number of aromatic nitrogens is 2. The highest BCUT2D eigenvalue weighted by molar-refractivity contribution is 5.91. The zero-order valence-electron chi connectivity index (χ0n) is 16.5. The Morgan fingerprint density at radius 1 is 0.900 bits per heavy atom. The number of nitrogens with zero attached hydrogens (tertiary/aromatic N) is 2. The molecule has 4 aromatic rings. The molecule has 5 nitrogen and oxygen atoms in total. The molecule has 0 atom stereocenters. The Labute approximate surface area is 174 Å². The van der Waals surface area contributed by atoms with Gasteiger partial charge in [-0.25, -0.2) is 0 Å². The molecule has 0 saturated heterocycles. The lowest BCUT2D eigenvalue weighted by molar-refractivity contribution is -0.116. The normalized spacial score (nSPS) is 11.7. The second-order valence-corrected chi connectivity index (χ2v) is 7.47. The van der Waals surface area contributed by atoms with E-state index in [0.29, 0.717) is 31.0 Å². The summed E-state index contributed by atoms with van der Waals surface area (Å²) in [6.45, 7) is 0. The summed E-state index contributed by atoms with van der Waals surface area (Å²) in [5.41, 5.74) is 6.89. The Morgan fingerprint density at radius 2 is 1.70 bits per heavy atom. The number of rotatable bonds is 6. The topological polar surface area (TPSA) is 68.0 Å². The van der Waals surface area contributed by atoms with E-state index in [2.05, 4.69) is 51.9 Å². The summed E-state index contributed by atoms with van der Waals surface area (Å²) in [7, 11) is 0. The molecule has 0 aliphatic heterocycles. The molecule has 30 heavy (non-hydrogen) atoms. The third-order valence-electron chi connectivity index (χ3n) is 5.36. The minimum atomic E-state index is -0.00624. The van der Waals surface area contributed by atoms with E-state index in [4.69, 9.17) is 4.42 Å². The highest BCUT2D eigenvalue weighted by Gasteiger charge is 2.18. The van der Waals surface area contributed by atoms with Crippen LogP contribution in [-0.4, -0.2) is 16.1 Å². The number of aryl methyl sites for hydroxylation is 1. The Bertz CT molecular complexity index is 1200. The standard InChI is InChI=1S/C25H21N3O2/c29-23(11-6-12-24-27-28-25(30-24)17-7-2-1-3-8-17)26-20-13-14-22-19(16-20)15-18-9-4-5-10-21(18)22/h1-5,7-10,13-14,16H,6,11-12,15H2,(H,26,29). The van der Waals surface area contributed by atoms with Crippen molar-refractivity contribution in [2.75, 3.05) is 5.32 Å². The molecule has 148 valence electrons. The Kier molecular flexibility index (Phi) is 4.85. The summed E-state index contributed by atoms with van der Waals surface area (Å²) < 4.78 is 5.70. The fourth-order valence-electron chi connectivity index (χ4n) is 3.90. The van der Waals surface area contributed by atoms with Crippen molar-refractivity contribution >= 4 is 11.6 Å². The number of hydrogen-bond donors (Lipinski definition) is 1. The molecule has 0 bridgehead atoms. The number of amides is 1. The lowest BCUT2D eigenvalue weighted by atomic mass is 10.1. The lowest BCUT2D eigenvalue weighted by Gasteiger charge is -2.07. The van der Waals surface area contributed by atoms with Crippen molar-refractivity contribution in [3.63, 3.8) is 0 Å². The summed E-state index contributed by atoms with van der Waals surface area (Å²) in [6, 6.07) is 24.3. The van der Waals surface area contributed by atoms with Crippen LogP contribution in [0.2, 0.25) is 0 Å². The zero-order chi connectivity index (χ0) is 20.3. The molecule has 1 amide bonds. The van der Waals surface area contributed by atoms with Crippen LogP contribution >= 0.6 is 0 Å². The van der Waals surface area contributed by atoms with E-state index in [0.717, 1.165) is 17.7 Å². The third-order valence-corrected chi connectivity index (χ3v) is 5.36. The summed E-state index contributed by atoms with van der Waals surface area (Å²) in [4.78, 5) is 12.4. The van der Waals surface area contributed by atoms with Gasteiger partial charge in [-0.1, -0.05) is 48.5 Å². The first-order valence-electron chi connectivity index (χ1n) is 10.1. The van der Waals surface area contributed by atoms with Gasteiger partial charge in [0.05, 0.1) is 0 Å². The van der Waals surface area contributed by atoms with E-state index in [9.17, 15) is 4.79 Å². The third kappa shape index (κ3) is 3.74. The first-order chi connectivity index (χ1) is 14.8. The summed E-state index contributed by atoms with van der Waals surface area (Å²) in [5.74, 6) is 1.05. The Morgan fingerprint density at radius 3 is 2.60 bits per heavy atom. The first-order valence-corrected chi connectivity index (χ1v) is 10.1. The smallest absolute Gasteiger partial charge is 0.247 e. The van der Waals surface area contributed by atoms with E-state index in [-0.39, 0.29) is 5.91 Å². The lowest BCUT2D eigenvalue weighted by Crippen LogP contribution is -2.11. The number of nitrogens with one attached hydrogen (secondary N) is 1. The van der Waals surface area contributed by atoms with Gasteiger partial charge in [0.25, 0.3) is 0 Å². The highest BCUT2D eigenvalue weighted by atomic mass is 16.4. The van der Waals surface area contributed by atoms with E-state index >= 15 is 0 Å². The van der Waals surface area contributed by atoms with Gasteiger partial charge in [-0.05, 0) is 59.4 Å². The Hall–Kier alpha value is -3.73. The maximum absolute atomic E-state index is 12.4. The van der Waals surface area contributed by atoms with E-state index < -0.39 is 0 Å². The van der Waals surface area contributed by atoms with Gasteiger partial charge < -0.3 is 9.73 Å². The molecule has 0 radical (unpaired) electrons. The van der Waals surface area contributed by atoms with Crippen LogP contribution in [0.15, 0.2) is 77.2 Å². The number of carbonyl (C=O) groups excluding carboxylic acids is 1. The largest absolute Gasteiger partial charge is 0.421 e. The van der Waals surface area contributed by atoms with Gasteiger partial charge in [-0.3, -0.25) is 4.79 Å². The van der Waals surface area contributed by atoms with Gasteiger partial charge in [0.1, 0.15) is 0 Å². The van der Waals surface area contributed by atoms with Crippen molar-refractivity contribution in [3.8, 4) is 22.6 Å². The molecule has 0 unspecified atom stereocenters. The van der Waals surface area contributed by atoms with Crippen molar-refractivity contribution in [1.82, 2.24) is 10.2 Å². The predicted octanol–water partition coefficient (Wildman–Crippen LogP) is 5.27. The van der Waals surface area contributed by atoms with Crippen LogP contribution in [0, 0.1) is 0 Å². The van der Waals surface area contributed by atoms with Crippen LogP contribution < -0.4 is 5.32 Å². The van der Waals surface area contributed by atoms with Crippen LogP contribution in [-0.2, 0) is 17.6 Å². The summed E-state index contributed by atoms with van der Waals surface area (Å²) in [5, 5.41) is 11.2. The molecule has 5 heteroatoms. The van der Waals surface area contributed by atoms with Crippen LogP contribution in [0.3, 0.4) is 0 Å². The summed E-state index contributed by atoms with van der Waals surface area (Å²) in [6.07, 6.45) is 2.54. The number of fused-ring (bicyclic) bond motifs is 3. The van der Waals surface area contributed by atoms with Gasteiger partial charge in [0, 0.05) is 24.1 Å². The number of benzene rings is 3. The fourth-order valence-corrected chi connectivity index (χ4v) is 3.90.